The summed E-state index contributed by atoms with van der Waals surface area (Å²) in [6.45, 7) is 0.759. The van der Waals surface area contributed by atoms with Crippen LogP contribution in [-0.4, -0.2) is 41.0 Å². The van der Waals surface area contributed by atoms with Crippen LogP contribution in [0.5, 0.6) is 0 Å². The molecule has 3 rings (SSSR count). The number of benzene rings is 1. The van der Waals surface area contributed by atoms with Gasteiger partial charge in [-0.25, -0.2) is 5.01 Å². The minimum absolute atomic E-state index is 0.0373. The maximum atomic E-state index is 12.5. The molecule has 0 N–H and O–H groups in total. The second-order valence-corrected chi connectivity index (χ2v) is 5.18. The molecule has 5 heteroatoms. The summed E-state index contributed by atoms with van der Waals surface area (Å²) >= 11 is 0. The van der Waals surface area contributed by atoms with Crippen LogP contribution in [0.15, 0.2) is 35.4 Å². The second-order valence-electron chi connectivity index (χ2n) is 5.18. The highest BCUT2D eigenvalue weighted by Gasteiger charge is 2.36. The number of amides is 2. The monoisotopic (exact) mass is 271 g/mol. The summed E-state index contributed by atoms with van der Waals surface area (Å²) in [5, 5.41) is 5.38. The summed E-state index contributed by atoms with van der Waals surface area (Å²) < 4.78 is 0. The Bertz CT molecular complexity index is 568. The Morgan fingerprint density at radius 1 is 1.25 bits per heavy atom. The normalized spacial score (nSPS) is 22.4. The van der Waals surface area contributed by atoms with Crippen LogP contribution in [0.1, 0.15) is 30.9 Å². The average molecular weight is 271 g/mol. The van der Waals surface area contributed by atoms with Crippen LogP contribution in [-0.2, 0) is 9.59 Å². The van der Waals surface area contributed by atoms with E-state index in [0.717, 1.165) is 18.5 Å². The summed E-state index contributed by atoms with van der Waals surface area (Å²) in [5.41, 5.74) is 1.65. The molecule has 0 spiro atoms. The fraction of sp³-hybridized carbons (Fsp3) is 0.400. The van der Waals surface area contributed by atoms with Crippen molar-refractivity contribution >= 4 is 17.5 Å². The largest absolute Gasteiger partial charge is 0.330 e. The van der Waals surface area contributed by atoms with Crippen LogP contribution >= 0.6 is 0 Å². The molecule has 0 saturated carbocycles. The summed E-state index contributed by atoms with van der Waals surface area (Å²) in [6.07, 6.45) is 1.79. The first-order chi connectivity index (χ1) is 9.66. The lowest BCUT2D eigenvalue weighted by Gasteiger charge is -2.41. The fourth-order valence-electron chi connectivity index (χ4n) is 2.64. The molecule has 2 amide bonds. The van der Waals surface area contributed by atoms with Crippen molar-refractivity contribution in [2.45, 2.75) is 25.3 Å². The predicted octanol–water partition coefficient (Wildman–Crippen LogP) is 1.57. The Hall–Kier alpha value is -2.17. The van der Waals surface area contributed by atoms with Crippen molar-refractivity contribution in [1.29, 1.82) is 0 Å². The molecule has 0 radical (unpaired) electrons. The van der Waals surface area contributed by atoms with E-state index in [1.54, 1.807) is 7.05 Å². The number of rotatable bonds is 2. The van der Waals surface area contributed by atoms with Gasteiger partial charge in [0.05, 0.1) is 6.04 Å². The second kappa shape index (κ2) is 5.07. The molecule has 1 aromatic rings. The van der Waals surface area contributed by atoms with E-state index in [0.29, 0.717) is 18.6 Å². The highest BCUT2D eigenvalue weighted by molar-refractivity contribution is 6.39. The van der Waals surface area contributed by atoms with Gasteiger partial charge in [-0.05, 0) is 12.0 Å². The first-order valence-corrected chi connectivity index (χ1v) is 6.87. The number of hydrogen-bond donors (Lipinski definition) is 0. The van der Waals surface area contributed by atoms with Gasteiger partial charge < -0.3 is 4.90 Å². The predicted molar refractivity (Wildman–Crippen MR) is 75.0 cm³/mol. The molecule has 104 valence electrons. The van der Waals surface area contributed by atoms with Gasteiger partial charge in [0.25, 0.3) is 5.91 Å². The number of hydrogen-bond acceptors (Lipinski definition) is 3. The fourth-order valence-corrected chi connectivity index (χ4v) is 2.64. The van der Waals surface area contributed by atoms with E-state index < -0.39 is 0 Å². The van der Waals surface area contributed by atoms with Crippen LogP contribution in [0.3, 0.4) is 0 Å². The van der Waals surface area contributed by atoms with Gasteiger partial charge >= 0.3 is 0 Å². The maximum Gasteiger partial charge on any atom is 0.270 e. The van der Waals surface area contributed by atoms with Gasteiger partial charge in [0, 0.05) is 26.4 Å². The number of carbonyl (C=O) groups excluding carboxylic acids is 2. The smallest absolute Gasteiger partial charge is 0.270 e. The Balaban J connectivity index is 1.75. The van der Waals surface area contributed by atoms with Crippen molar-refractivity contribution in [3.05, 3.63) is 35.9 Å². The number of carbonyl (C=O) groups is 2. The van der Waals surface area contributed by atoms with Gasteiger partial charge in [0.15, 0.2) is 0 Å². The molecule has 2 heterocycles. The van der Waals surface area contributed by atoms with E-state index in [4.69, 9.17) is 0 Å². The molecule has 5 nitrogen and oxygen atoms in total. The van der Waals surface area contributed by atoms with Crippen LogP contribution < -0.4 is 0 Å². The van der Waals surface area contributed by atoms with E-state index in [1.165, 1.54) is 5.01 Å². The Morgan fingerprint density at radius 3 is 2.60 bits per heavy atom. The maximum absolute atomic E-state index is 12.5. The summed E-state index contributed by atoms with van der Waals surface area (Å²) in [7, 11) is 1.60. The zero-order chi connectivity index (χ0) is 14.1. The quantitative estimate of drug-likeness (QED) is 0.820. The molecule has 1 atom stereocenters. The van der Waals surface area contributed by atoms with Crippen molar-refractivity contribution < 1.29 is 9.59 Å². The van der Waals surface area contributed by atoms with Gasteiger partial charge in [0.1, 0.15) is 5.71 Å². The van der Waals surface area contributed by atoms with E-state index >= 15 is 0 Å². The van der Waals surface area contributed by atoms with Gasteiger partial charge in [-0.2, -0.15) is 5.10 Å². The zero-order valence-electron chi connectivity index (χ0n) is 11.5. The van der Waals surface area contributed by atoms with Crippen LogP contribution in [0.25, 0.3) is 0 Å². The Kier molecular flexibility index (Phi) is 3.26. The lowest BCUT2D eigenvalue weighted by molar-refractivity contribution is -0.133. The summed E-state index contributed by atoms with van der Waals surface area (Å²) in [6, 6.07) is 10.2. The van der Waals surface area contributed by atoms with Crippen LogP contribution in [0.4, 0.5) is 0 Å². The molecule has 0 bridgehead atoms. The van der Waals surface area contributed by atoms with Gasteiger partial charge in [-0.3, -0.25) is 9.59 Å². The van der Waals surface area contributed by atoms with Crippen LogP contribution in [0.2, 0.25) is 0 Å². The molecular formula is C15H17N3O2. The van der Waals surface area contributed by atoms with E-state index in [9.17, 15) is 9.59 Å². The highest BCUT2D eigenvalue weighted by Crippen LogP contribution is 2.33. The molecule has 2 aliphatic heterocycles. The van der Waals surface area contributed by atoms with E-state index in [1.807, 2.05) is 35.2 Å². The SMILES string of the molecule is CN1N=C(C(=O)N2CC[C@H]2c2ccccc2)CCC1=O. The number of hydrazone groups is 1. The van der Waals surface area contributed by atoms with Crippen molar-refractivity contribution in [2.24, 2.45) is 5.10 Å². The molecule has 1 fully saturated rings. The summed E-state index contributed by atoms with van der Waals surface area (Å²) in [4.78, 5) is 25.7. The van der Waals surface area contributed by atoms with Crippen molar-refractivity contribution in [2.75, 3.05) is 13.6 Å². The highest BCUT2D eigenvalue weighted by atomic mass is 16.2. The molecular weight excluding hydrogens is 254 g/mol. The minimum atomic E-state index is -0.0375. The number of likely N-dealkylation sites (tertiary alicyclic amines) is 1. The zero-order valence-corrected chi connectivity index (χ0v) is 11.5. The lowest BCUT2D eigenvalue weighted by Crippen LogP contribution is -2.49. The third-order valence-electron chi connectivity index (χ3n) is 3.92. The topological polar surface area (TPSA) is 53.0 Å². The Labute approximate surface area is 117 Å². The molecule has 0 unspecified atom stereocenters. The third kappa shape index (κ3) is 2.19. The molecule has 1 saturated heterocycles. The van der Waals surface area contributed by atoms with E-state index in [-0.39, 0.29) is 17.9 Å². The Morgan fingerprint density at radius 2 is 2.00 bits per heavy atom. The molecule has 20 heavy (non-hydrogen) atoms. The van der Waals surface area contributed by atoms with Crippen molar-refractivity contribution in [3.63, 3.8) is 0 Å². The van der Waals surface area contributed by atoms with Gasteiger partial charge in [-0.15, -0.1) is 0 Å². The third-order valence-corrected chi connectivity index (χ3v) is 3.92. The van der Waals surface area contributed by atoms with Gasteiger partial charge in [0.2, 0.25) is 5.91 Å². The molecule has 2 aliphatic rings. The number of nitrogens with zero attached hydrogens (tertiary/aromatic N) is 3. The van der Waals surface area contributed by atoms with Crippen molar-refractivity contribution in [3.8, 4) is 0 Å². The first-order valence-electron chi connectivity index (χ1n) is 6.87. The van der Waals surface area contributed by atoms with Crippen molar-refractivity contribution in [1.82, 2.24) is 9.91 Å². The standard InChI is InChI=1S/C15H17N3O2/c1-17-14(19)8-7-12(16-17)15(20)18-10-9-13(18)11-5-3-2-4-6-11/h2-6,13H,7-10H2,1H3/t13-/m0/s1. The van der Waals surface area contributed by atoms with E-state index in [2.05, 4.69) is 5.10 Å². The minimum Gasteiger partial charge on any atom is -0.330 e. The van der Waals surface area contributed by atoms with Gasteiger partial charge in [-0.1, -0.05) is 30.3 Å². The first kappa shape index (κ1) is 12.8. The molecule has 0 aliphatic carbocycles. The molecule has 1 aromatic carbocycles. The van der Waals surface area contributed by atoms with Crippen LogP contribution in [0, 0.1) is 0 Å². The lowest BCUT2D eigenvalue weighted by atomic mass is 9.93. The molecule has 0 aromatic heterocycles. The average Bonchev–Trinajstić information content (AvgIpc) is 2.42. The summed E-state index contributed by atoms with van der Waals surface area (Å²) in [5.74, 6) is -0.0748.